The quantitative estimate of drug-likeness (QED) is 0.676. The van der Waals surface area contributed by atoms with Crippen molar-refractivity contribution in [2.24, 2.45) is 0 Å². The lowest BCUT2D eigenvalue weighted by Crippen LogP contribution is -2.15. The van der Waals surface area contributed by atoms with E-state index in [1.165, 1.54) is 23.1 Å². The van der Waals surface area contributed by atoms with Crippen LogP contribution in [0.5, 0.6) is 0 Å². The first-order chi connectivity index (χ1) is 9.51. The predicted molar refractivity (Wildman–Crippen MR) is 85.0 cm³/mol. The molecule has 0 radical (unpaired) electrons. The summed E-state index contributed by atoms with van der Waals surface area (Å²) in [5.74, 6) is 0.136. The van der Waals surface area contributed by atoms with E-state index in [-0.39, 0.29) is 11.0 Å². The molecule has 2 aromatic rings. The van der Waals surface area contributed by atoms with Crippen LogP contribution in [-0.2, 0) is 0 Å². The number of Topliss-reactive ketones (excluding diaryl/α,β-unsaturated/α-hetero) is 1. The van der Waals surface area contributed by atoms with E-state index < -0.39 is 0 Å². The lowest BCUT2D eigenvalue weighted by Gasteiger charge is -2.11. The van der Waals surface area contributed by atoms with Crippen LogP contribution in [0.25, 0.3) is 0 Å². The lowest BCUT2D eigenvalue weighted by molar-refractivity contribution is 0.0993. The second-order valence-corrected chi connectivity index (χ2v) is 7.13. The number of rotatable bonds is 5. The number of aromatic nitrogens is 2. The van der Waals surface area contributed by atoms with Crippen LogP contribution in [0.4, 0.5) is 5.13 Å². The molecule has 0 aliphatic carbocycles. The third kappa shape index (κ3) is 3.37. The van der Waals surface area contributed by atoms with Crippen molar-refractivity contribution in [1.29, 1.82) is 0 Å². The highest BCUT2D eigenvalue weighted by atomic mass is 32.2. The molecule has 0 fully saturated rings. The van der Waals surface area contributed by atoms with Crippen molar-refractivity contribution in [1.82, 2.24) is 10.2 Å². The van der Waals surface area contributed by atoms with Crippen LogP contribution in [0.15, 0.2) is 22.5 Å². The van der Waals surface area contributed by atoms with E-state index in [0.717, 1.165) is 26.2 Å². The zero-order valence-electron chi connectivity index (χ0n) is 11.9. The van der Waals surface area contributed by atoms with Crippen molar-refractivity contribution in [2.45, 2.75) is 30.4 Å². The average molecular weight is 307 g/mol. The molecule has 106 valence electrons. The highest BCUT2D eigenvalue weighted by molar-refractivity contribution is 8.02. The number of carbonyl (C=O) groups is 1. The topological polar surface area (TPSA) is 54.9 Å². The number of hydrogen-bond donors (Lipinski definition) is 1. The number of nitrogens with zero attached hydrogens (tertiary/aromatic N) is 2. The molecule has 1 atom stereocenters. The summed E-state index contributed by atoms with van der Waals surface area (Å²) >= 11 is 2.91. The molecule has 1 unspecified atom stereocenters. The maximum absolute atomic E-state index is 12.5. The first-order valence-corrected chi connectivity index (χ1v) is 8.00. The fraction of sp³-hybridized carbons (Fsp3) is 0.357. The molecule has 1 heterocycles. The Bertz CT molecular complexity index is 625. The first kappa shape index (κ1) is 15.0. The van der Waals surface area contributed by atoms with Crippen LogP contribution in [0.2, 0.25) is 0 Å². The normalized spacial score (nSPS) is 12.2. The predicted octanol–water partition coefficient (Wildman–Crippen LogP) is 3.56. The van der Waals surface area contributed by atoms with E-state index in [9.17, 15) is 4.79 Å². The van der Waals surface area contributed by atoms with Crippen molar-refractivity contribution >= 4 is 34.0 Å². The minimum Gasteiger partial charge on any atom is -0.363 e. The van der Waals surface area contributed by atoms with Crippen molar-refractivity contribution < 1.29 is 4.79 Å². The molecule has 1 N–H and O–H groups in total. The molecule has 6 heteroatoms. The monoisotopic (exact) mass is 307 g/mol. The summed E-state index contributed by atoms with van der Waals surface area (Å²) < 4.78 is 0.806. The standard InChI is InChI=1S/C14H17N3OS2/c1-8-5-6-9(2)11(7-8)12(18)10(3)19-14-17-16-13(15-4)20-14/h5-7,10H,1-4H3,(H,15,16). The summed E-state index contributed by atoms with van der Waals surface area (Å²) in [7, 11) is 1.81. The van der Waals surface area contributed by atoms with Crippen molar-refractivity contribution in [2.75, 3.05) is 12.4 Å². The third-order valence-electron chi connectivity index (χ3n) is 2.93. The van der Waals surface area contributed by atoms with E-state index in [0.29, 0.717) is 0 Å². The summed E-state index contributed by atoms with van der Waals surface area (Å²) in [4.78, 5) is 12.5. The molecule has 1 aromatic heterocycles. The summed E-state index contributed by atoms with van der Waals surface area (Å²) in [5, 5.41) is 11.6. The number of thioether (sulfide) groups is 1. The van der Waals surface area contributed by atoms with E-state index in [1.807, 2.05) is 39.0 Å². The molecule has 1 aromatic carbocycles. The third-order valence-corrected chi connectivity index (χ3v) is 5.05. The Morgan fingerprint density at radius 2 is 2.10 bits per heavy atom. The van der Waals surface area contributed by atoms with E-state index >= 15 is 0 Å². The lowest BCUT2D eigenvalue weighted by atomic mass is 10.0. The van der Waals surface area contributed by atoms with Gasteiger partial charge in [0.2, 0.25) is 5.13 Å². The number of benzene rings is 1. The molecule has 4 nitrogen and oxygen atoms in total. The molecule has 20 heavy (non-hydrogen) atoms. The highest BCUT2D eigenvalue weighted by Crippen LogP contribution is 2.30. The number of ketones is 1. The van der Waals surface area contributed by atoms with Crippen LogP contribution >= 0.6 is 23.1 Å². The molecule has 2 rings (SSSR count). The van der Waals surface area contributed by atoms with Crippen molar-refractivity contribution in [3.8, 4) is 0 Å². The van der Waals surface area contributed by atoms with Gasteiger partial charge in [0.05, 0.1) is 5.25 Å². The van der Waals surface area contributed by atoms with E-state index in [2.05, 4.69) is 15.5 Å². The summed E-state index contributed by atoms with van der Waals surface area (Å²) in [6.07, 6.45) is 0. The minimum absolute atomic E-state index is 0.136. The zero-order valence-corrected chi connectivity index (χ0v) is 13.6. The van der Waals surface area contributed by atoms with Gasteiger partial charge < -0.3 is 5.32 Å². The Balaban J connectivity index is 2.14. The van der Waals surface area contributed by atoms with Gasteiger partial charge in [0, 0.05) is 12.6 Å². The second kappa shape index (κ2) is 6.37. The number of carbonyl (C=O) groups excluding carboxylic acids is 1. The maximum atomic E-state index is 12.5. The molecular weight excluding hydrogens is 290 g/mol. The van der Waals surface area contributed by atoms with Gasteiger partial charge in [-0.2, -0.15) is 0 Å². The van der Waals surface area contributed by atoms with Gasteiger partial charge in [-0.15, -0.1) is 10.2 Å². The maximum Gasteiger partial charge on any atom is 0.206 e. The minimum atomic E-state index is -0.173. The fourth-order valence-electron chi connectivity index (χ4n) is 1.78. The Labute approximate surface area is 127 Å². The average Bonchev–Trinajstić information content (AvgIpc) is 2.88. The molecular formula is C14H17N3OS2. The fourth-order valence-corrected chi connectivity index (χ4v) is 3.70. The zero-order chi connectivity index (χ0) is 14.7. The molecule has 0 amide bonds. The highest BCUT2D eigenvalue weighted by Gasteiger charge is 2.20. The smallest absolute Gasteiger partial charge is 0.206 e. The van der Waals surface area contributed by atoms with Gasteiger partial charge in [-0.05, 0) is 32.4 Å². The number of aryl methyl sites for hydroxylation is 2. The summed E-state index contributed by atoms with van der Waals surface area (Å²) in [6, 6.07) is 5.96. The van der Waals surface area contributed by atoms with E-state index in [1.54, 1.807) is 7.05 Å². The Hall–Kier alpha value is -1.40. The SMILES string of the molecule is CNc1nnc(SC(C)C(=O)c2cc(C)ccc2C)s1. The van der Waals surface area contributed by atoms with E-state index in [4.69, 9.17) is 0 Å². The van der Waals surface area contributed by atoms with Gasteiger partial charge in [0.25, 0.3) is 0 Å². The van der Waals surface area contributed by atoms with Gasteiger partial charge >= 0.3 is 0 Å². The molecule has 0 aliphatic rings. The van der Waals surface area contributed by atoms with Gasteiger partial charge in [-0.1, -0.05) is 40.8 Å². The van der Waals surface area contributed by atoms with Gasteiger partial charge in [0.15, 0.2) is 10.1 Å². The Morgan fingerprint density at radius 1 is 1.35 bits per heavy atom. The molecule has 0 bridgehead atoms. The van der Waals surface area contributed by atoms with Crippen LogP contribution < -0.4 is 5.32 Å². The van der Waals surface area contributed by atoms with Crippen LogP contribution in [0.3, 0.4) is 0 Å². The Morgan fingerprint density at radius 3 is 2.75 bits per heavy atom. The summed E-state index contributed by atoms with van der Waals surface area (Å²) in [5.41, 5.74) is 2.91. The van der Waals surface area contributed by atoms with Crippen molar-refractivity contribution in [3.63, 3.8) is 0 Å². The largest absolute Gasteiger partial charge is 0.363 e. The van der Waals surface area contributed by atoms with Gasteiger partial charge in [0.1, 0.15) is 0 Å². The Kier molecular flexibility index (Phi) is 4.77. The number of anilines is 1. The van der Waals surface area contributed by atoms with Crippen LogP contribution in [-0.4, -0.2) is 28.3 Å². The number of nitrogens with one attached hydrogen (secondary N) is 1. The van der Waals surface area contributed by atoms with Gasteiger partial charge in [-0.3, -0.25) is 4.79 Å². The van der Waals surface area contributed by atoms with Gasteiger partial charge in [-0.25, -0.2) is 0 Å². The van der Waals surface area contributed by atoms with Crippen LogP contribution in [0.1, 0.15) is 28.4 Å². The molecule has 0 saturated carbocycles. The number of hydrogen-bond acceptors (Lipinski definition) is 6. The molecule has 0 aliphatic heterocycles. The van der Waals surface area contributed by atoms with Crippen LogP contribution in [0, 0.1) is 13.8 Å². The first-order valence-electron chi connectivity index (χ1n) is 6.30. The molecule has 0 saturated heterocycles. The summed E-state index contributed by atoms with van der Waals surface area (Å²) in [6.45, 7) is 5.88. The second-order valence-electron chi connectivity index (χ2n) is 4.57. The molecule has 0 spiro atoms. The van der Waals surface area contributed by atoms with Crippen molar-refractivity contribution in [3.05, 3.63) is 34.9 Å².